The van der Waals surface area contributed by atoms with Crippen molar-refractivity contribution >= 4 is 40.0 Å². The first kappa shape index (κ1) is 17.8. The molecular weight excluding hydrogens is 354 g/mol. The van der Waals surface area contributed by atoms with E-state index in [1.165, 1.54) is 0 Å². The zero-order valence-corrected chi connectivity index (χ0v) is 15.4. The van der Waals surface area contributed by atoms with Crippen molar-refractivity contribution in [3.63, 3.8) is 0 Å². The minimum atomic E-state index is 0. The molecule has 1 aromatic carbocycles. The van der Waals surface area contributed by atoms with Crippen molar-refractivity contribution in [2.45, 2.75) is 6.92 Å². The van der Waals surface area contributed by atoms with Crippen LogP contribution < -0.4 is 15.2 Å². The lowest BCUT2D eigenvalue weighted by Crippen LogP contribution is -2.01. The van der Waals surface area contributed by atoms with Crippen LogP contribution in [0.5, 0.6) is 11.5 Å². The van der Waals surface area contributed by atoms with Crippen LogP contribution in [0.4, 0.5) is 5.69 Å². The lowest BCUT2D eigenvalue weighted by molar-refractivity contribution is 0.356. The topological polar surface area (TPSA) is 88.1 Å². The molecule has 134 valence electrons. The van der Waals surface area contributed by atoms with Crippen molar-refractivity contribution in [2.24, 2.45) is 0 Å². The fraction of sp³-hybridized carbons (Fsp3) is 0.167. The summed E-state index contributed by atoms with van der Waals surface area (Å²) in [4.78, 5) is 9.12. The molecule has 0 saturated heterocycles. The Bertz CT molecular complexity index is 1100. The van der Waals surface area contributed by atoms with Crippen LogP contribution in [0.15, 0.2) is 36.5 Å². The fourth-order valence-corrected chi connectivity index (χ4v) is 3.00. The highest BCUT2D eigenvalue weighted by atomic mass is 35.5. The minimum Gasteiger partial charge on any atom is -0.493 e. The van der Waals surface area contributed by atoms with E-state index >= 15 is 0 Å². The van der Waals surface area contributed by atoms with E-state index in [1.807, 2.05) is 37.3 Å². The molecule has 26 heavy (non-hydrogen) atoms. The number of benzene rings is 1. The summed E-state index contributed by atoms with van der Waals surface area (Å²) in [5.41, 5.74) is 9.23. The van der Waals surface area contributed by atoms with Gasteiger partial charge in [-0.1, -0.05) is 6.07 Å². The zero-order valence-electron chi connectivity index (χ0n) is 14.6. The first-order chi connectivity index (χ1) is 12.1. The normalized spacial score (nSPS) is 10.7. The highest BCUT2D eigenvalue weighted by Gasteiger charge is 2.18. The molecule has 0 saturated carbocycles. The molecule has 0 amide bonds. The Morgan fingerprint density at radius 3 is 2.46 bits per heavy atom. The third kappa shape index (κ3) is 2.57. The maximum absolute atomic E-state index is 6.45. The summed E-state index contributed by atoms with van der Waals surface area (Å²) in [6.07, 6.45) is 1.72. The standard InChI is InChI=1S/C18H17N5O2.ClH/c1-10-16-17(19)11-8-13(24-2)14(25-3)9-12(11)21-18(16)23(22-10)15-6-4-5-7-20-15;/h4-9H,1-3H3,(H2,19,21);1H. The summed E-state index contributed by atoms with van der Waals surface area (Å²) in [6, 6.07) is 9.30. The molecule has 0 unspecified atom stereocenters. The minimum absolute atomic E-state index is 0. The van der Waals surface area contributed by atoms with E-state index in [0.717, 1.165) is 16.5 Å². The van der Waals surface area contributed by atoms with Crippen LogP contribution in [-0.2, 0) is 0 Å². The third-order valence-electron chi connectivity index (χ3n) is 4.19. The van der Waals surface area contributed by atoms with Gasteiger partial charge in [-0.15, -0.1) is 12.4 Å². The maximum Gasteiger partial charge on any atom is 0.167 e. The van der Waals surface area contributed by atoms with Crippen LogP contribution in [0.2, 0.25) is 0 Å². The van der Waals surface area contributed by atoms with E-state index in [0.29, 0.717) is 34.2 Å². The van der Waals surface area contributed by atoms with Crippen LogP contribution in [0.1, 0.15) is 5.69 Å². The number of rotatable bonds is 3. The third-order valence-corrected chi connectivity index (χ3v) is 4.19. The van der Waals surface area contributed by atoms with E-state index < -0.39 is 0 Å². The molecule has 4 rings (SSSR count). The van der Waals surface area contributed by atoms with Gasteiger partial charge in [0.1, 0.15) is 0 Å². The summed E-state index contributed by atoms with van der Waals surface area (Å²) in [7, 11) is 3.18. The van der Waals surface area contributed by atoms with Crippen molar-refractivity contribution in [3.05, 3.63) is 42.2 Å². The molecule has 0 aliphatic carbocycles. The Morgan fingerprint density at radius 2 is 1.81 bits per heavy atom. The number of nitrogens with zero attached hydrogens (tertiary/aromatic N) is 4. The van der Waals surface area contributed by atoms with Crippen LogP contribution in [0.25, 0.3) is 27.8 Å². The summed E-state index contributed by atoms with van der Waals surface area (Å²) in [6.45, 7) is 1.91. The largest absolute Gasteiger partial charge is 0.493 e. The van der Waals surface area contributed by atoms with Gasteiger partial charge in [0.15, 0.2) is 23.0 Å². The SMILES string of the molecule is COc1cc2nc3c(c(C)nn3-c3ccccn3)c(N)c2cc1OC.Cl. The van der Waals surface area contributed by atoms with Crippen molar-refractivity contribution in [1.29, 1.82) is 0 Å². The van der Waals surface area contributed by atoms with Gasteiger partial charge in [-0.3, -0.25) is 0 Å². The van der Waals surface area contributed by atoms with Gasteiger partial charge in [-0.05, 0) is 25.1 Å². The summed E-state index contributed by atoms with van der Waals surface area (Å²) in [5, 5.41) is 6.19. The molecule has 0 fully saturated rings. The number of hydrogen-bond acceptors (Lipinski definition) is 6. The van der Waals surface area contributed by atoms with Gasteiger partial charge in [0, 0.05) is 17.6 Å². The summed E-state index contributed by atoms with van der Waals surface area (Å²) in [5.74, 6) is 1.90. The second kappa shape index (κ2) is 6.68. The molecule has 0 bridgehead atoms. The van der Waals surface area contributed by atoms with Gasteiger partial charge in [0.25, 0.3) is 0 Å². The monoisotopic (exact) mass is 371 g/mol. The lowest BCUT2D eigenvalue weighted by atomic mass is 10.1. The first-order valence-corrected chi connectivity index (χ1v) is 7.76. The number of hydrogen-bond donors (Lipinski definition) is 1. The maximum atomic E-state index is 6.45. The van der Waals surface area contributed by atoms with E-state index in [-0.39, 0.29) is 12.4 Å². The molecule has 0 aliphatic heterocycles. The Labute approximate surface area is 156 Å². The van der Waals surface area contributed by atoms with E-state index in [2.05, 4.69) is 10.1 Å². The Hall–Kier alpha value is -3.06. The smallest absolute Gasteiger partial charge is 0.167 e. The van der Waals surface area contributed by atoms with Crippen LogP contribution in [-0.4, -0.2) is 34.0 Å². The van der Waals surface area contributed by atoms with Gasteiger partial charge >= 0.3 is 0 Å². The number of halogens is 1. The number of nitrogen functional groups attached to an aromatic ring is 1. The van der Waals surface area contributed by atoms with Crippen molar-refractivity contribution < 1.29 is 9.47 Å². The van der Waals surface area contributed by atoms with Gasteiger partial charge in [0.2, 0.25) is 0 Å². The average molecular weight is 372 g/mol. The second-order valence-corrected chi connectivity index (χ2v) is 5.63. The average Bonchev–Trinajstić information content (AvgIpc) is 2.98. The number of nitrogens with two attached hydrogens (primary N) is 1. The number of anilines is 1. The number of aryl methyl sites for hydroxylation is 1. The number of fused-ring (bicyclic) bond motifs is 2. The van der Waals surface area contributed by atoms with E-state index in [9.17, 15) is 0 Å². The quantitative estimate of drug-likeness (QED) is 0.594. The van der Waals surface area contributed by atoms with Crippen LogP contribution in [0, 0.1) is 6.92 Å². The number of pyridine rings is 2. The van der Waals surface area contributed by atoms with E-state index in [4.69, 9.17) is 20.2 Å². The lowest BCUT2D eigenvalue weighted by Gasteiger charge is -2.11. The predicted molar refractivity (Wildman–Crippen MR) is 104 cm³/mol. The highest BCUT2D eigenvalue weighted by molar-refractivity contribution is 6.07. The van der Waals surface area contributed by atoms with E-state index in [1.54, 1.807) is 25.1 Å². The molecule has 3 heterocycles. The van der Waals surface area contributed by atoms with Gasteiger partial charge in [0.05, 0.1) is 36.5 Å². The zero-order chi connectivity index (χ0) is 17.6. The molecule has 4 aromatic rings. The van der Waals surface area contributed by atoms with Crippen LogP contribution >= 0.6 is 12.4 Å². The molecular formula is C18H18ClN5O2. The van der Waals surface area contributed by atoms with Crippen LogP contribution in [0.3, 0.4) is 0 Å². The predicted octanol–water partition coefficient (Wildman–Crippen LogP) is 3.30. The second-order valence-electron chi connectivity index (χ2n) is 5.63. The summed E-state index contributed by atoms with van der Waals surface area (Å²) >= 11 is 0. The molecule has 0 radical (unpaired) electrons. The van der Waals surface area contributed by atoms with Gasteiger partial charge in [-0.2, -0.15) is 9.78 Å². The Kier molecular flexibility index (Phi) is 4.56. The number of aromatic nitrogens is 4. The molecule has 0 atom stereocenters. The molecule has 8 heteroatoms. The highest BCUT2D eigenvalue weighted by Crippen LogP contribution is 2.37. The Balaban J connectivity index is 0.00000196. The van der Waals surface area contributed by atoms with Crippen molar-refractivity contribution in [2.75, 3.05) is 20.0 Å². The summed E-state index contributed by atoms with van der Waals surface area (Å²) < 4.78 is 12.5. The van der Waals surface area contributed by atoms with Crippen molar-refractivity contribution in [1.82, 2.24) is 19.7 Å². The van der Waals surface area contributed by atoms with Crippen molar-refractivity contribution in [3.8, 4) is 17.3 Å². The Morgan fingerprint density at radius 1 is 1.08 bits per heavy atom. The molecule has 0 spiro atoms. The number of methoxy groups -OCH3 is 2. The van der Waals surface area contributed by atoms with Gasteiger partial charge < -0.3 is 15.2 Å². The molecule has 2 N–H and O–H groups in total. The molecule has 3 aromatic heterocycles. The van der Waals surface area contributed by atoms with Gasteiger partial charge in [-0.25, -0.2) is 9.97 Å². The fourth-order valence-electron chi connectivity index (χ4n) is 3.00. The number of ether oxygens (including phenoxy) is 2. The molecule has 7 nitrogen and oxygen atoms in total. The first-order valence-electron chi connectivity index (χ1n) is 7.76. The molecule has 0 aliphatic rings.